The molecule has 0 aliphatic heterocycles. The lowest BCUT2D eigenvalue weighted by Gasteiger charge is -2.04. The van der Waals surface area contributed by atoms with Gasteiger partial charge in [0.05, 0.1) is 11.4 Å². The van der Waals surface area contributed by atoms with Crippen LogP contribution in [0, 0.1) is 5.82 Å². The quantitative estimate of drug-likeness (QED) is 0.363. The normalized spacial score (nSPS) is 10.7. The molecule has 2 aromatic heterocycles. The maximum absolute atomic E-state index is 12.9. The number of carbonyl (C=O) groups is 1. The fraction of sp³-hybridized carbons (Fsp3) is 0.0909. The zero-order chi connectivity index (χ0) is 20.9. The van der Waals surface area contributed by atoms with Crippen molar-refractivity contribution in [1.29, 1.82) is 0 Å². The summed E-state index contributed by atoms with van der Waals surface area (Å²) in [6.45, 7) is 0.921. The van der Waals surface area contributed by atoms with Gasteiger partial charge in [0, 0.05) is 22.3 Å². The minimum Gasteiger partial charge on any atom is -0.489 e. The number of halogens is 2. The van der Waals surface area contributed by atoms with Crippen LogP contribution >= 0.6 is 27.3 Å². The first kappa shape index (κ1) is 20.3. The van der Waals surface area contributed by atoms with E-state index in [0.29, 0.717) is 29.6 Å². The van der Waals surface area contributed by atoms with E-state index in [1.807, 2.05) is 35.8 Å². The number of aromatic nitrogens is 2. The molecule has 0 aliphatic rings. The lowest BCUT2D eigenvalue weighted by atomic mass is 10.2. The van der Waals surface area contributed by atoms with Gasteiger partial charge in [0.2, 0.25) is 0 Å². The van der Waals surface area contributed by atoms with E-state index in [1.54, 1.807) is 28.9 Å². The molecule has 0 saturated carbocycles. The van der Waals surface area contributed by atoms with E-state index >= 15 is 0 Å². The molecule has 0 saturated heterocycles. The topological polar surface area (TPSA) is 56.2 Å². The summed E-state index contributed by atoms with van der Waals surface area (Å²) in [5.74, 6) is 0.539. The van der Waals surface area contributed by atoms with Crippen LogP contribution in [0.3, 0.4) is 0 Å². The Morgan fingerprint density at radius 2 is 1.87 bits per heavy atom. The van der Waals surface area contributed by atoms with Crippen molar-refractivity contribution in [2.75, 3.05) is 5.32 Å². The molecule has 0 bridgehead atoms. The Morgan fingerprint density at radius 1 is 1.10 bits per heavy atom. The van der Waals surface area contributed by atoms with Gasteiger partial charge in [-0.3, -0.25) is 9.48 Å². The molecular formula is C22H17BrFN3O2S. The van der Waals surface area contributed by atoms with E-state index < -0.39 is 0 Å². The molecule has 1 N–H and O–H groups in total. The van der Waals surface area contributed by atoms with Crippen LogP contribution in [0.4, 0.5) is 10.2 Å². The van der Waals surface area contributed by atoms with Crippen LogP contribution in [0.15, 0.2) is 76.7 Å². The highest BCUT2D eigenvalue weighted by molar-refractivity contribution is 9.10. The number of ether oxygens (including phenoxy) is 1. The van der Waals surface area contributed by atoms with Crippen LogP contribution in [-0.2, 0) is 13.2 Å². The molecule has 0 spiro atoms. The number of thiophene rings is 1. The van der Waals surface area contributed by atoms with Gasteiger partial charge < -0.3 is 10.1 Å². The SMILES string of the molecule is O=C(Nc1ccn(Cc2ccc(Br)cc2)n1)c1cc(COc2ccc(F)cc2)cs1. The zero-order valence-corrected chi connectivity index (χ0v) is 18.1. The molecule has 0 aliphatic carbocycles. The monoisotopic (exact) mass is 485 g/mol. The number of hydrogen-bond acceptors (Lipinski definition) is 4. The summed E-state index contributed by atoms with van der Waals surface area (Å²) in [6, 6.07) is 17.4. The summed E-state index contributed by atoms with van der Waals surface area (Å²) in [7, 11) is 0. The van der Waals surface area contributed by atoms with Gasteiger partial charge in [0.1, 0.15) is 18.2 Å². The molecule has 0 radical (unpaired) electrons. The lowest BCUT2D eigenvalue weighted by molar-refractivity contribution is 0.103. The van der Waals surface area contributed by atoms with Gasteiger partial charge in [-0.15, -0.1) is 11.3 Å². The number of benzene rings is 2. The van der Waals surface area contributed by atoms with E-state index in [-0.39, 0.29) is 11.7 Å². The summed E-state index contributed by atoms with van der Waals surface area (Å²) in [5.41, 5.74) is 1.98. The third-order valence-electron chi connectivity index (χ3n) is 4.24. The minimum absolute atomic E-state index is 0.220. The van der Waals surface area contributed by atoms with E-state index in [2.05, 4.69) is 26.3 Å². The van der Waals surface area contributed by atoms with E-state index in [4.69, 9.17) is 4.74 Å². The van der Waals surface area contributed by atoms with Crippen LogP contribution in [0.5, 0.6) is 5.75 Å². The average Bonchev–Trinajstić information content (AvgIpc) is 3.39. The number of nitrogens with one attached hydrogen (secondary N) is 1. The maximum Gasteiger partial charge on any atom is 0.266 e. The highest BCUT2D eigenvalue weighted by Gasteiger charge is 2.12. The van der Waals surface area contributed by atoms with Crippen LogP contribution in [0.2, 0.25) is 0 Å². The predicted molar refractivity (Wildman–Crippen MR) is 118 cm³/mol. The van der Waals surface area contributed by atoms with Crippen molar-refractivity contribution in [3.8, 4) is 5.75 Å². The summed E-state index contributed by atoms with van der Waals surface area (Å²) < 4.78 is 21.4. The lowest BCUT2D eigenvalue weighted by Crippen LogP contribution is -2.11. The average molecular weight is 486 g/mol. The Labute approximate surface area is 185 Å². The fourth-order valence-corrected chi connectivity index (χ4v) is 3.80. The van der Waals surface area contributed by atoms with Gasteiger partial charge in [-0.05, 0) is 53.4 Å². The van der Waals surface area contributed by atoms with E-state index in [0.717, 1.165) is 15.6 Å². The maximum atomic E-state index is 12.9. The van der Waals surface area contributed by atoms with Crippen molar-refractivity contribution in [2.45, 2.75) is 13.2 Å². The van der Waals surface area contributed by atoms with Crippen molar-refractivity contribution >= 4 is 39.0 Å². The number of amides is 1. The van der Waals surface area contributed by atoms with Crippen molar-refractivity contribution in [1.82, 2.24) is 9.78 Å². The first-order valence-corrected chi connectivity index (χ1v) is 10.8. The number of nitrogens with zero attached hydrogens (tertiary/aromatic N) is 2. The van der Waals surface area contributed by atoms with Gasteiger partial charge in [-0.2, -0.15) is 5.10 Å². The van der Waals surface area contributed by atoms with Crippen LogP contribution in [-0.4, -0.2) is 15.7 Å². The number of carbonyl (C=O) groups excluding carboxylic acids is 1. The smallest absolute Gasteiger partial charge is 0.266 e. The van der Waals surface area contributed by atoms with Crippen LogP contribution in [0.25, 0.3) is 0 Å². The minimum atomic E-state index is -0.309. The molecule has 4 rings (SSSR count). The summed E-state index contributed by atoms with van der Waals surface area (Å²) in [5, 5.41) is 9.09. The second-order valence-electron chi connectivity index (χ2n) is 6.54. The third-order valence-corrected chi connectivity index (χ3v) is 5.74. The molecule has 5 nitrogen and oxygen atoms in total. The van der Waals surface area contributed by atoms with Gasteiger partial charge in [-0.25, -0.2) is 4.39 Å². The van der Waals surface area contributed by atoms with Crippen molar-refractivity contribution in [3.63, 3.8) is 0 Å². The standard InChI is InChI=1S/C22H17BrFN3O2S/c23-17-3-1-15(2-4-17)12-27-10-9-21(26-27)25-22(28)20-11-16(14-30-20)13-29-19-7-5-18(24)6-8-19/h1-11,14H,12-13H2,(H,25,26,28). The van der Waals surface area contributed by atoms with Crippen LogP contribution < -0.4 is 10.1 Å². The Bertz CT molecular complexity index is 1140. The first-order chi connectivity index (χ1) is 14.5. The Hall–Kier alpha value is -2.97. The summed E-state index contributed by atoms with van der Waals surface area (Å²) in [4.78, 5) is 13.1. The van der Waals surface area contributed by atoms with E-state index in [9.17, 15) is 9.18 Å². The van der Waals surface area contributed by atoms with Gasteiger partial charge >= 0.3 is 0 Å². The molecule has 152 valence electrons. The molecular weight excluding hydrogens is 469 g/mol. The molecule has 0 unspecified atom stereocenters. The number of rotatable bonds is 7. The third kappa shape index (κ3) is 5.34. The molecule has 2 aromatic carbocycles. The largest absolute Gasteiger partial charge is 0.489 e. The molecule has 2 heterocycles. The highest BCUT2D eigenvalue weighted by atomic mass is 79.9. The number of anilines is 1. The predicted octanol–water partition coefficient (Wildman–Crippen LogP) is 5.73. The van der Waals surface area contributed by atoms with Crippen LogP contribution in [0.1, 0.15) is 20.8 Å². The highest BCUT2D eigenvalue weighted by Crippen LogP contribution is 2.19. The van der Waals surface area contributed by atoms with Gasteiger partial charge in [0.25, 0.3) is 5.91 Å². The number of hydrogen-bond donors (Lipinski definition) is 1. The first-order valence-electron chi connectivity index (χ1n) is 9.10. The molecule has 0 atom stereocenters. The fourth-order valence-electron chi connectivity index (χ4n) is 2.74. The van der Waals surface area contributed by atoms with Crippen molar-refractivity contribution in [2.24, 2.45) is 0 Å². The van der Waals surface area contributed by atoms with Gasteiger partial charge in [-0.1, -0.05) is 28.1 Å². The Kier molecular flexibility index (Phi) is 6.25. The molecule has 30 heavy (non-hydrogen) atoms. The molecule has 0 fully saturated rings. The molecule has 8 heteroatoms. The zero-order valence-electron chi connectivity index (χ0n) is 15.7. The van der Waals surface area contributed by atoms with E-state index in [1.165, 1.54) is 23.5 Å². The van der Waals surface area contributed by atoms with Crippen molar-refractivity contribution < 1.29 is 13.9 Å². The van der Waals surface area contributed by atoms with Crippen molar-refractivity contribution in [3.05, 3.63) is 98.5 Å². The Morgan fingerprint density at radius 3 is 2.63 bits per heavy atom. The summed E-state index contributed by atoms with van der Waals surface area (Å²) in [6.07, 6.45) is 1.83. The summed E-state index contributed by atoms with van der Waals surface area (Å²) >= 11 is 4.75. The van der Waals surface area contributed by atoms with Gasteiger partial charge in [0.15, 0.2) is 5.82 Å². The molecule has 1 amide bonds. The second kappa shape index (κ2) is 9.23. The molecule has 4 aromatic rings. The second-order valence-corrected chi connectivity index (χ2v) is 8.37. The Balaban J connectivity index is 1.32.